The van der Waals surface area contributed by atoms with Crippen LogP contribution in [0.3, 0.4) is 0 Å². The monoisotopic (exact) mass is 138 g/mol. The predicted octanol–water partition coefficient (Wildman–Crippen LogP) is -0.319. The van der Waals surface area contributed by atoms with Crippen LogP contribution in [0, 0.1) is 6.20 Å². The number of aromatic nitrogens is 2. The number of anilines is 1. The number of hydrogen-bond acceptors (Lipinski definition) is 4. The lowest BCUT2D eigenvalue weighted by Crippen LogP contribution is -2.06. The highest BCUT2D eigenvalue weighted by Crippen LogP contribution is 1.93. The molecule has 10 heavy (non-hydrogen) atoms. The van der Waals surface area contributed by atoms with Crippen molar-refractivity contribution in [1.82, 2.24) is 9.97 Å². The van der Waals surface area contributed by atoms with Gasteiger partial charge < -0.3 is 10.4 Å². The van der Waals surface area contributed by atoms with E-state index < -0.39 is 0 Å². The first-order chi connectivity index (χ1) is 4.93. The van der Waals surface area contributed by atoms with Crippen molar-refractivity contribution >= 4 is 5.82 Å². The third-order valence-corrected chi connectivity index (χ3v) is 0.920. The molecule has 0 saturated heterocycles. The molecule has 1 heterocycles. The zero-order valence-corrected chi connectivity index (χ0v) is 5.41. The molecule has 0 fully saturated rings. The highest BCUT2D eigenvalue weighted by atomic mass is 16.3. The fourth-order valence-electron chi connectivity index (χ4n) is 0.528. The Bertz CT molecular complexity index is 178. The smallest absolute Gasteiger partial charge is 0.154 e. The van der Waals surface area contributed by atoms with Gasteiger partial charge in [0.25, 0.3) is 0 Å². The molecule has 0 aliphatic heterocycles. The molecule has 0 spiro atoms. The van der Waals surface area contributed by atoms with Crippen LogP contribution in [0.5, 0.6) is 0 Å². The molecule has 1 aromatic rings. The molecule has 0 saturated carbocycles. The summed E-state index contributed by atoms with van der Waals surface area (Å²) in [6, 6.07) is 0. The fourth-order valence-corrected chi connectivity index (χ4v) is 0.528. The van der Waals surface area contributed by atoms with E-state index in [1.165, 1.54) is 0 Å². The van der Waals surface area contributed by atoms with Gasteiger partial charge in [-0.25, -0.2) is 9.97 Å². The standard InChI is InChI=1S/C6H8N3O/c10-4-3-9-6-5-7-1-2-8-6/h1-2,10H,3-4H2,(H,8,9). The van der Waals surface area contributed by atoms with Gasteiger partial charge in [0.1, 0.15) is 6.20 Å². The zero-order chi connectivity index (χ0) is 7.23. The van der Waals surface area contributed by atoms with Crippen molar-refractivity contribution in [2.75, 3.05) is 18.5 Å². The first-order valence-corrected chi connectivity index (χ1v) is 2.97. The van der Waals surface area contributed by atoms with Crippen molar-refractivity contribution in [2.24, 2.45) is 0 Å². The molecule has 2 N–H and O–H groups in total. The van der Waals surface area contributed by atoms with Crippen molar-refractivity contribution in [2.45, 2.75) is 0 Å². The molecule has 1 aromatic heterocycles. The van der Waals surface area contributed by atoms with Crippen molar-refractivity contribution in [1.29, 1.82) is 0 Å². The summed E-state index contributed by atoms with van der Waals surface area (Å²) in [5, 5.41) is 11.2. The van der Waals surface area contributed by atoms with Gasteiger partial charge in [0.2, 0.25) is 0 Å². The van der Waals surface area contributed by atoms with Crippen LogP contribution in [-0.2, 0) is 0 Å². The SMILES string of the molecule is OCCNc1[c]nccn1. The van der Waals surface area contributed by atoms with E-state index in [1.54, 1.807) is 12.4 Å². The highest BCUT2D eigenvalue weighted by molar-refractivity contribution is 5.27. The maximum Gasteiger partial charge on any atom is 0.154 e. The van der Waals surface area contributed by atoms with E-state index in [1.807, 2.05) is 0 Å². The minimum absolute atomic E-state index is 0.0877. The van der Waals surface area contributed by atoms with Gasteiger partial charge in [-0.15, -0.1) is 0 Å². The van der Waals surface area contributed by atoms with Gasteiger partial charge in [0.05, 0.1) is 6.61 Å². The van der Waals surface area contributed by atoms with Crippen LogP contribution in [0.4, 0.5) is 5.82 Å². The molecule has 0 aromatic carbocycles. The van der Waals surface area contributed by atoms with Crippen LogP contribution in [0.1, 0.15) is 0 Å². The zero-order valence-electron chi connectivity index (χ0n) is 5.41. The summed E-state index contributed by atoms with van der Waals surface area (Å²) in [5.74, 6) is 0.566. The molecule has 0 atom stereocenters. The molecule has 4 heteroatoms. The van der Waals surface area contributed by atoms with Crippen LogP contribution in [-0.4, -0.2) is 28.2 Å². The molecule has 4 nitrogen and oxygen atoms in total. The molecule has 0 aliphatic rings. The van der Waals surface area contributed by atoms with Gasteiger partial charge in [-0.1, -0.05) is 0 Å². The van der Waals surface area contributed by atoms with Crippen molar-refractivity contribution < 1.29 is 5.11 Å². The molecule has 0 aliphatic carbocycles. The van der Waals surface area contributed by atoms with Crippen LogP contribution in [0.25, 0.3) is 0 Å². The second-order valence-corrected chi connectivity index (χ2v) is 1.67. The average molecular weight is 138 g/mol. The van der Waals surface area contributed by atoms with Crippen LogP contribution in [0.15, 0.2) is 12.4 Å². The summed E-state index contributed by atoms with van der Waals surface area (Å²) in [6.07, 6.45) is 5.73. The lowest BCUT2D eigenvalue weighted by atomic mass is 10.6. The summed E-state index contributed by atoms with van der Waals surface area (Å²) < 4.78 is 0. The van der Waals surface area contributed by atoms with E-state index in [9.17, 15) is 0 Å². The number of nitrogens with zero attached hydrogens (tertiary/aromatic N) is 2. The topological polar surface area (TPSA) is 58.0 Å². The third-order valence-electron chi connectivity index (χ3n) is 0.920. The van der Waals surface area contributed by atoms with Gasteiger partial charge in [0.15, 0.2) is 5.82 Å². The summed E-state index contributed by atoms with van der Waals surface area (Å²) in [5.41, 5.74) is 0. The highest BCUT2D eigenvalue weighted by Gasteiger charge is 1.88. The summed E-state index contributed by atoms with van der Waals surface area (Å²) >= 11 is 0. The molecule has 1 radical (unpaired) electrons. The van der Waals surface area contributed by atoms with Crippen LogP contribution >= 0.6 is 0 Å². The van der Waals surface area contributed by atoms with E-state index in [0.29, 0.717) is 12.4 Å². The first kappa shape index (κ1) is 6.95. The number of aliphatic hydroxyl groups is 1. The molecular formula is C6H8N3O. The van der Waals surface area contributed by atoms with Crippen LogP contribution < -0.4 is 5.32 Å². The molecule has 53 valence electrons. The van der Waals surface area contributed by atoms with Crippen molar-refractivity contribution in [3.8, 4) is 0 Å². The first-order valence-electron chi connectivity index (χ1n) is 2.97. The molecule has 0 amide bonds. The summed E-state index contributed by atoms with van der Waals surface area (Å²) in [7, 11) is 0. The fraction of sp³-hybridized carbons (Fsp3) is 0.333. The Kier molecular flexibility index (Phi) is 2.63. The number of nitrogens with one attached hydrogen (secondary N) is 1. The van der Waals surface area contributed by atoms with E-state index in [0.717, 1.165) is 0 Å². The Labute approximate surface area is 58.9 Å². The molecule has 0 unspecified atom stereocenters. The van der Waals surface area contributed by atoms with Crippen molar-refractivity contribution in [3.63, 3.8) is 0 Å². The Morgan fingerprint density at radius 2 is 2.50 bits per heavy atom. The summed E-state index contributed by atoms with van der Waals surface area (Å²) in [4.78, 5) is 7.58. The van der Waals surface area contributed by atoms with E-state index in [-0.39, 0.29) is 6.61 Å². The Morgan fingerprint density at radius 3 is 3.10 bits per heavy atom. The number of hydrogen-bond donors (Lipinski definition) is 2. The Morgan fingerprint density at radius 1 is 1.60 bits per heavy atom. The van der Waals surface area contributed by atoms with Gasteiger partial charge >= 0.3 is 0 Å². The molecule has 0 bridgehead atoms. The maximum atomic E-state index is 8.40. The largest absolute Gasteiger partial charge is 0.395 e. The molecule has 1 rings (SSSR count). The van der Waals surface area contributed by atoms with Gasteiger partial charge in [-0.05, 0) is 0 Å². The minimum atomic E-state index is 0.0877. The Balaban J connectivity index is 2.43. The lowest BCUT2D eigenvalue weighted by molar-refractivity contribution is 0.311. The third kappa shape index (κ3) is 1.99. The van der Waals surface area contributed by atoms with Crippen LogP contribution in [0.2, 0.25) is 0 Å². The van der Waals surface area contributed by atoms with E-state index in [2.05, 4.69) is 21.5 Å². The van der Waals surface area contributed by atoms with Gasteiger partial charge in [0, 0.05) is 18.9 Å². The van der Waals surface area contributed by atoms with Gasteiger partial charge in [-0.3, -0.25) is 0 Å². The lowest BCUT2D eigenvalue weighted by Gasteiger charge is -1.98. The second-order valence-electron chi connectivity index (χ2n) is 1.67. The number of aliphatic hydroxyl groups excluding tert-OH is 1. The Hall–Kier alpha value is -1.16. The predicted molar refractivity (Wildman–Crippen MR) is 36.4 cm³/mol. The second kappa shape index (κ2) is 3.79. The minimum Gasteiger partial charge on any atom is -0.395 e. The summed E-state index contributed by atoms with van der Waals surface area (Å²) in [6.45, 7) is 0.569. The molecular weight excluding hydrogens is 130 g/mol. The van der Waals surface area contributed by atoms with E-state index in [4.69, 9.17) is 5.11 Å². The normalized spacial score (nSPS) is 9.30. The van der Waals surface area contributed by atoms with Crippen molar-refractivity contribution in [3.05, 3.63) is 18.6 Å². The number of rotatable bonds is 3. The average Bonchev–Trinajstić information content (AvgIpc) is 2.03. The quantitative estimate of drug-likeness (QED) is 0.601. The van der Waals surface area contributed by atoms with E-state index >= 15 is 0 Å². The van der Waals surface area contributed by atoms with Gasteiger partial charge in [-0.2, -0.15) is 0 Å². The maximum absolute atomic E-state index is 8.40.